The van der Waals surface area contributed by atoms with E-state index in [-0.39, 0.29) is 5.41 Å². The standard InChI is InChI=1S/C16H16Br2O/c1-16(2)14(18)9-15(16)19-13-6-4-10-7-12(17)5-3-11(10)8-13/h3-8,14-15H,9H2,1-2H3. The maximum Gasteiger partial charge on any atom is 0.120 e. The van der Waals surface area contributed by atoms with E-state index in [0.717, 1.165) is 16.6 Å². The van der Waals surface area contributed by atoms with E-state index in [4.69, 9.17) is 4.74 Å². The molecule has 1 nitrogen and oxygen atoms in total. The average Bonchev–Trinajstić information content (AvgIpc) is 2.38. The number of fused-ring (bicyclic) bond motifs is 1. The number of benzene rings is 2. The second kappa shape index (κ2) is 4.78. The van der Waals surface area contributed by atoms with Crippen molar-refractivity contribution in [2.45, 2.75) is 31.2 Å². The van der Waals surface area contributed by atoms with Crippen LogP contribution in [0.4, 0.5) is 0 Å². The molecule has 1 saturated carbocycles. The molecule has 2 unspecified atom stereocenters. The van der Waals surface area contributed by atoms with Gasteiger partial charge in [-0.05, 0) is 41.5 Å². The van der Waals surface area contributed by atoms with Crippen molar-refractivity contribution in [1.82, 2.24) is 0 Å². The normalized spacial score (nSPS) is 25.1. The predicted molar refractivity (Wildman–Crippen MR) is 87.2 cm³/mol. The molecule has 2 aromatic carbocycles. The van der Waals surface area contributed by atoms with Crippen LogP contribution < -0.4 is 4.74 Å². The molecule has 1 aliphatic rings. The van der Waals surface area contributed by atoms with E-state index in [0.29, 0.717) is 10.9 Å². The Morgan fingerprint density at radius 2 is 1.79 bits per heavy atom. The molecule has 19 heavy (non-hydrogen) atoms. The molecule has 1 fully saturated rings. The van der Waals surface area contributed by atoms with E-state index >= 15 is 0 Å². The second-order valence-electron chi connectivity index (χ2n) is 5.78. The monoisotopic (exact) mass is 382 g/mol. The lowest BCUT2D eigenvalue weighted by atomic mass is 9.69. The van der Waals surface area contributed by atoms with E-state index in [1.165, 1.54) is 10.8 Å². The Morgan fingerprint density at radius 3 is 2.47 bits per heavy atom. The molecule has 0 heterocycles. The fourth-order valence-corrected chi connectivity index (χ4v) is 3.48. The average molecular weight is 384 g/mol. The molecule has 0 saturated heterocycles. The number of alkyl halides is 1. The van der Waals surface area contributed by atoms with Crippen LogP contribution in [0, 0.1) is 5.41 Å². The minimum atomic E-state index is 0.203. The zero-order valence-corrected chi connectivity index (χ0v) is 14.2. The van der Waals surface area contributed by atoms with Gasteiger partial charge in [0.15, 0.2) is 0 Å². The highest BCUT2D eigenvalue weighted by Gasteiger charge is 2.48. The van der Waals surface area contributed by atoms with Gasteiger partial charge in [-0.2, -0.15) is 0 Å². The van der Waals surface area contributed by atoms with Crippen molar-refractivity contribution < 1.29 is 4.74 Å². The van der Waals surface area contributed by atoms with Crippen molar-refractivity contribution in [1.29, 1.82) is 0 Å². The SMILES string of the molecule is CC1(C)C(Br)CC1Oc1ccc2cc(Br)ccc2c1. The first-order valence-corrected chi connectivity index (χ1v) is 8.18. The molecule has 3 rings (SSSR count). The molecular formula is C16H16Br2O. The van der Waals surface area contributed by atoms with Crippen molar-refractivity contribution in [3.05, 3.63) is 40.9 Å². The van der Waals surface area contributed by atoms with Gasteiger partial charge in [-0.3, -0.25) is 0 Å². The molecule has 0 radical (unpaired) electrons. The summed E-state index contributed by atoms with van der Waals surface area (Å²) in [6.45, 7) is 4.50. The third-order valence-electron chi connectivity index (χ3n) is 4.11. The van der Waals surface area contributed by atoms with Crippen molar-refractivity contribution in [3.63, 3.8) is 0 Å². The molecule has 0 N–H and O–H groups in total. The zero-order valence-electron chi connectivity index (χ0n) is 11.0. The van der Waals surface area contributed by atoms with Crippen LogP contribution >= 0.6 is 31.9 Å². The Bertz CT molecular complexity index is 621. The van der Waals surface area contributed by atoms with Gasteiger partial charge in [0.05, 0.1) is 0 Å². The number of hydrogen-bond donors (Lipinski definition) is 0. The molecule has 0 bridgehead atoms. The first-order valence-electron chi connectivity index (χ1n) is 6.47. The van der Waals surface area contributed by atoms with Crippen LogP contribution in [0.25, 0.3) is 10.8 Å². The van der Waals surface area contributed by atoms with E-state index in [1.807, 2.05) is 0 Å². The van der Waals surface area contributed by atoms with E-state index in [9.17, 15) is 0 Å². The number of hydrogen-bond acceptors (Lipinski definition) is 1. The van der Waals surface area contributed by atoms with Crippen molar-refractivity contribution in [3.8, 4) is 5.75 Å². The zero-order chi connectivity index (χ0) is 13.6. The fourth-order valence-electron chi connectivity index (χ4n) is 2.47. The molecule has 2 atom stereocenters. The second-order valence-corrected chi connectivity index (χ2v) is 7.81. The Hall–Kier alpha value is -0.540. The Kier molecular flexibility index (Phi) is 3.38. The Labute approximate surface area is 130 Å². The third-order valence-corrected chi connectivity index (χ3v) is 6.16. The van der Waals surface area contributed by atoms with Crippen LogP contribution in [0.5, 0.6) is 5.75 Å². The summed E-state index contributed by atoms with van der Waals surface area (Å²) >= 11 is 7.19. The first kappa shape index (κ1) is 13.4. The molecule has 2 aromatic rings. The van der Waals surface area contributed by atoms with Crippen LogP contribution in [-0.2, 0) is 0 Å². The Morgan fingerprint density at radius 1 is 1.11 bits per heavy atom. The fraction of sp³-hybridized carbons (Fsp3) is 0.375. The summed E-state index contributed by atoms with van der Waals surface area (Å²) in [7, 11) is 0. The molecule has 1 aliphatic carbocycles. The van der Waals surface area contributed by atoms with Crippen LogP contribution in [0.15, 0.2) is 40.9 Å². The minimum Gasteiger partial charge on any atom is -0.490 e. The number of rotatable bonds is 2. The highest BCUT2D eigenvalue weighted by atomic mass is 79.9. The van der Waals surface area contributed by atoms with E-state index in [1.54, 1.807) is 0 Å². The van der Waals surface area contributed by atoms with Gasteiger partial charge in [0.2, 0.25) is 0 Å². The maximum atomic E-state index is 6.13. The highest BCUT2D eigenvalue weighted by Crippen LogP contribution is 2.47. The molecule has 0 amide bonds. The lowest BCUT2D eigenvalue weighted by Crippen LogP contribution is -2.53. The minimum absolute atomic E-state index is 0.203. The van der Waals surface area contributed by atoms with Gasteiger partial charge < -0.3 is 4.74 Å². The van der Waals surface area contributed by atoms with Gasteiger partial charge >= 0.3 is 0 Å². The maximum absolute atomic E-state index is 6.13. The van der Waals surface area contributed by atoms with E-state index in [2.05, 4.69) is 82.1 Å². The molecule has 3 heteroatoms. The lowest BCUT2D eigenvalue weighted by molar-refractivity contribution is -0.00770. The number of halogens is 2. The van der Waals surface area contributed by atoms with Crippen molar-refractivity contribution in [2.75, 3.05) is 0 Å². The van der Waals surface area contributed by atoms with Crippen molar-refractivity contribution in [2.24, 2.45) is 5.41 Å². The lowest BCUT2D eigenvalue weighted by Gasteiger charge is -2.48. The van der Waals surface area contributed by atoms with Gasteiger partial charge in [-0.1, -0.05) is 57.8 Å². The summed E-state index contributed by atoms with van der Waals surface area (Å²) in [6.07, 6.45) is 1.37. The summed E-state index contributed by atoms with van der Waals surface area (Å²) in [4.78, 5) is 0.557. The first-order chi connectivity index (χ1) is 8.96. The summed E-state index contributed by atoms with van der Waals surface area (Å²) in [5.41, 5.74) is 0.203. The molecule has 100 valence electrons. The van der Waals surface area contributed by atoms with Gasteiger partial charge in [-0.15, -0.1) is 0 Å². The topological polar surface area (TPSA) is 9.23 Å². The predicted octanol–water partition coefficient (Wildman–Crippen LogP) is 5.54. The Balaban J connectivity index is 1.85. The summed E-state index contributed by atoms with van der Waals surface area (Å²) in [5.74, 6) is 0.965. The smallest absolute Gasteiger partial charge is 0.120 e. The largest absolute Gasteiger partial charge is 0.490 e. The highest BCUT2D eigenvalue weighted by molar-refractivity contribution is 9.10. The van der Waals surface area contributed by atoms with Gasteiger partial charge in [0.25, 0.3) is 0 Å². The third kappa shape index (κ3) is 2.43. The summed E-state index contributed by atoms with van der Waals surface area (Å²) < 4.78 is 7.24. The van der Waals surface area contributed by atoms with Crippen molar-refractivity contribution >= 4 is 42.6 Å². The van der Waals surface area contributed by atoms with Crippen LogP contribution in [0.1, 0.15) is 20.3 Å². The number of ether oxygens (including phenoxy) is 1. The van der Waals surface area contributed by atoms with Gasteiger partial charge in [0.1, 0.15) is 11.9 Å². The molecular weight excluding hydrogens is 368 g/mol. The van der Waals surface area contributed by atoms with Gasteiger partial charge in [0, 0.05) is 14.7 Å². The molecule has 0 aromatic heterocycles. The molecule has 0 aliphatic heterocycles. The van der Waals surface area contributed by atoms with Crippen LogP contribution in [-0.4, -0.2) is 10.9 Å². The summed E-state index contributed by atoms with van der Waals surface area (Å²) in [5, 5.41) is 2.45. The van der Waals surface area contributed by atoms with E-state index < -0.39 is 0 Å². The molecule has 0 spiro atoms. The van der Waals surface area contributed by atoms with Gasteiger partial charge in [-0.25, -0.2) is 0 Å². The van der Waals surface area contributed by atoms with Crippen LogP contribution in [0.2, 0.25) is 0 Å². The summed E-state index contributed by atoms with van der Waals surface area (Å²) in [6, 6.07) is 12.6. The van der Waals surface area contributed by atoms with Crippen LogP contribution in [0.3, 0.4) is 0 Å². The quantitative estimate of drug-likeness (QED) is 0.618.